The molecule has 0 spiro atoms. The Morgan fingerprint density at radius 2 is 1.71 bits per heavy atom. The number of rotatable bonds is 7. The second-order valence-corrected chi connectivity index (χ2v) is 5.11. The Morgan fingerprint density at radius 1 is 1.08 bits per heavy atom. The summed E-state index contributed by atoms with van der Waals surface area (Å²) < 4.78 is 5.71. The molecule has 0 saturated carbocycles. The van der Waals surface area contributed by atoms with E-state index in [1.807, 2.05) is 30.3 Å². The first-order chi connectivity index (χ1) is 11.6. The number of anilines is 1. The summed E-state index contributed by atoms with van der Waals surface area (Å²) in [5.74, 6) is 0.942. The van der Waals surface area contributed by atoms with Crippen LogP contribution in [0.15, 0.2) is 67.3 Å². The quantitative estimate of drug-likeness (QED) is 0.796. The van der Waals surface area contributed by atoms with Crippen LogP contribution in [0.2, 0.25) is 0 Å². The molecule has 0 atom stereocenters. The molecule has 0 aromatic heterocycles. The topological polar surface area (TPSA) is 58.6 Å². The van der Waals surface area contributed by atoms with Crippen molar-refractivity contribution in [2.75, 3.05) is 18.0 Å². The van der Waals surface area contributed by atoms with E-state index < -0.39 is 0 Å². The zero-order valence-corrected chi connectivity index (χ0v) is 13.6. The van der Waals surface area contributed by atoms with Gasteiger partial charge in [-0.2, -0.15) is 0 Å². The lowest BCUT2D eigenvalue weighted by Crippen LogP contribution is -2.39. The van der Waals surface area contributed by atoms with Gasteiger partial charge in [-0.25, -0.2) is 0 Å². The molecule has 0 fully saturated rings. The number of carbonyl (C=O) groups is 2. The molecule has 124 valence electrons. The third-order valence-electron chi connectivity index (χ3n) is 3.25. The van der Waals surface area contributed by atoms with Crippen LogP contribution in [-0.2, 0) is 9.59 Å². The third-order valence-corrected chi connectivity index (χ3v) is 3.25. The molecule has 0 bridgehead atoms. The Bertz CT molecular complexity index is 696. The number of para-hydroxylation sites is 1. The van der Waals surface area contributed by atoms with E-state index in [1.165, 1.54) is 11.8 Å². The number of nitrogens with one attached hydrogen (secondary N) is 1. The van der Waals surface area contributed by atoms with E-state index in [-0.39, 0.29) is 18.4 Å². The summed E-state index contributed by atoms with van der Waals surface area (Å²) in [4.78, 5) is 25.1. The number of hydrogen-bond donors (Lipinski definition) is 1. The van der Waals surface area contributed by atoms with E-state index in [2.05, 4.69) is 11.9 Å². The van der Waals surface area contributed by atoms with Gasteiger partial charge in [-0.05, 0) is 36.4 Å². The molecule has 1 N–H and O–H groups in total. The summed E-state index contributed by atoms with van der Waals surface area (Å²) in [6.07, 6.45) is 1.59. The van der Waals surface area contributed by atoms with E-state index >= 15 is 0 Å². The number of amides is 2. The minimum absolute atomic E-state index is 0.0396. The highest BCUT2D eigenvalue weighted by molar-refractivity contribution is 5.97. The Hall–Kier alpha value is -3.08. The molecule has 2 amide bonds. The monoisotopic (exact) mass is 324 g/mol. The van der Waals surface area contributed by atoms with Crippen LogP contribution >= 0.6 is 0 Å². The van der Waals surface area contributed by atoms with Gasteiger partial charge < -0.3 is 15.0 Å². The molecule has 0 saturated heterocycles. The van der Waals surface area contributed by atoms with Crippen molar-refractivity contribution >= 4 is 17.5 Å². The van der Waals surface area contributed by atoms with Crippen LogP contribution in [0.4, 0.5) is 5.69 Å². The molecule has 0 heterocycles. The van der Waals surface area contributed by atoms with Crippen molar-refractivity contribution in [1.29, 1.82) is 0 Å². The largest absolute Gasteiger partial charge is 0.457 e. The normalized spacial score (nSPS) is 9.88. The maximum Gasteiger partial charge on any atom is 0.240 e. The molecule has 0 aliphatic carbocycles. The van der Waals surface area contributed by atoms with Crippen LogP contribution in [0, 0.1) is 0 Å². The van der Waals surface area contributed by atoms with E-state index in [0.717, 1.165) is 5.75 Å². The molecule has 0 aliphatic heterocycles. The lowest BCUT2D eigenvalue weighted by molar-refractivity contribution is -0.122. The molecule has 0 radical (unpaired) electrons. The lowest BCUT2D eigenvalue weighted by Gasteiger charge is -2.20. The summed E-state index contributed by atoms with van der Waals surface area (Å²) >= 11 is 0. The highest BCUT2D eigenvalue weighted by atomic mass is 16.5. The predicted molar refractivity (Wildman–Crippen MR) is 94.2 cm³/mol. The van der Waals surface area contributed by atoms with E-state index in [0.29, 0.717) is 18.0 Å². The van der Waals surface area contributed by atoms with Crippen molar-refractivity contribution in [3.05, 3.63) is 67.3 Å². The highest BCUT2D eigenvalue weighted by Gasteiger charge is 2.15. The number of benzene rings is 2. The standard InChI is InChI=1S/C19H20N2O3/c1-3-13-20-19(23)14-21(15(2)22)16-9-11-18(12-10-16)24-17-7-5-4-6-8-17/h3-12H,1,13-14H2,2H3,(H,20,23). The van der Waals surface area contributed by atoms with Gasteiger partial charge in [0, 0.05) is 19.2 Å². The molecular formula is C19H20N2O3. The highest BCUT2D eigenvalue weighted by Crippen LogP contribution is 2.24. The maximum atomic E-state index is 11.8. The van der Waals surface area contributed by atoms with E-state index in [4.69, 9.17) is 4.74 Å². The van der Waals surface area contributed by atoms with E-state index in [1.54, 1.807) is 30.3 Å². The van der Waals surface area contributed by atoms with Crippen molar-refractivity contribution in [3.63, 3.8) is 0 Å². The average Bonchev–Trinajstić information content (AvgIpc) is 2.59. The van der Waals surface area contributed by atoms with Gasteiger partial charge in [0.1, 0.15) is 18.0 Å². The van der Waals surface area contributed by atoms with Crippen molar-refractivity contribution in [2.45, 2.75) is 6.92 Å². The summed E-state index contributed by atoms with van der Waals surface area (Å²) in [7, 11) is 0. The smallest absolute Gasteiger partial charge is 0.240 e. The summed E-state index contributed by atoms with van der Waals surface area (Å²) in [5, 5.41) is 2.66. The van der Waals surface area contributed by atoms with Gasteiger partial charge in [0.2, 0.25) is 11.8 Å². The van der Waals surface area contributed by atoms with Crippen LogP contribution in [0.25, 0.3) is 0 Å². The van der Waals surface area contributed by atoms with Gasteiger partial charge in [-0.3, -0.25) is 9.59 Å². The third kappa shape index (κ3) is 4.98. The lowest BCUT2D eigenvalue weighted by atomic mass is 10.2. The fraction of sp³-hybridized carbons (Fsp3) is 0.158. The van der Waals surface area contributed by atoms with Gasteiger partial charge >= 0.3 is 0 Å². The summed E-state index contributed by atoms with van der Waals surface area (Å²) in [6.45, 7) is 5.30. The Morgan fingerprint density at radius 3 is 2.29 bits per heavy atom. The Labute approximate surface area is 141 Å². The van der Waals surface area contributed by atoms with Crippen molar-refractivity contribution in [1.82, 2.24) is 5.32 Å². The molecule has 24 heavy (non-hydrogen) atoms. The van der Waals surface area contributed by atoms with Gasteiger partial charge in [-0.15, -0.1) is 6.58 Å². The molecule has 2 aromatic rings. The van der Waals surface area contributed by atoms with Crippen LogP contribution in [0.1, 0.15) is 6.92 Å². The van der Waals surface area contributed by atoms with Crippen LogP contribution in [-0.4, -0.2) is 24.9 Å². The molecular weight excluding hydrogens is 304 g/mol. The van der Waals surface area contributed by atoms with Gasteiger partial charge in [0.25, 0.3) is 0 Å². The maximum absolute atomic E-state index is 11.8. The molecule has 0 unspecified atom stereocenters. The van der Waals surface area contributed by atoms with Gasteiger partial charge in [0.05, 0.1) is 0 Å². The number of carbonyl (C=O) groups excluding carboxylic acids is 2. The average molecular weight is 324 g/mol. The fourth-order valence-corrected chi connectivity index (χ4v) is 2.09. The molecule has 2 rings (SSSR count). The minimum Gasteiger partial charge on any atom is -0.457 e. The summed E-state index contributed by atoms with van der Waals surface area (Å²) in [5.41, 5.74) is 0.636. The number of hydrogen-bond acceptors (Lipinski definition) is 3. The van der Waals surface area contributed by atoms with Gasteiger partial charge in [0.15, 0.2) is 0 Å². The second kappa shape index (κ2) is 8.53. The molecule has 0 aliphatic rings. The predicted octanol–water partition coefficient (Wildman–Crippen LogP) is 3.13. The first-order valence-electron chi connectivity index (χ1n) is 7.59. The first-order valence-corrected chi connectivity index (χ1v) is 7.59. The minimum atomic E-state index is -0.241. The SMILES string of the molecule is C=CCNC(=O)CN(C(C)=O)c1ccc(Oc2ccccc2)cc1. The van der Waals surface area contributed by atoms with Crippen LogP contribution in [0.5, 0.6) is 11.5 Å². The number of nitrogens with zero attached hydrogens (tertiary/aromatic N) is 1. The fourth-order valence-electron chi connectivity index (χ4n) is 2.09. The van der Waals surface area contributed by atoms with Crippen molar-refractivity contribution in [2.24, 2.45) is 0 Å². The van der Waals surface area contributed by atoms with Crippen LogP contribution in [0.3, 0.4) is 0 Å². The van der Waals surface area contributed by atoms with E-state index in [9.17, 15) is 9.59 Å². The van der Waals surface area contributed by atoms with Crippen LogP contribution < -0.4 is 15.0 Å². The van der Waals surface area contributed by atoms with Crippen molar-refractivity contribution in [3.8, 4) is 11.5 Å². The second-order valence-electron chi connectivity index (χ2n) is 5.11. The van der Waals surface area contributed by atoms with Gasteiger partial charge in [-0.1, -0.05) is 24.3 Å². The summed E-state index contributed by atoms with van der Waals surface area (Å²) in [6, 6.07) is 16.4. The first kappa shape index (κ1) is 17.3. The van der Waals surface area contributed by atoms with Crippen molar-refractivity contribution < 1.29 is 14.3 Å². The zero-order valence-electron chi connectivity index (χ0n) is 13.6. The Balaban J connectivity index is 2.06. The number of ether oxygens (including phenoxy) is 1. The Kier molecular flexibility index (Phi) is 6.14. The zero-order chi connectivity index (χ0) is 17.4. The molecule has 5 nitrogen and oxygen atoms in total. The molecule has 2 aromatic carbocycles. The molecule has 5 heteroatoms.